The van der Waals surface area contributed by atoms with Gasteiger partial charge in [-0.2, -0.15) is 0 Å². The molecule has 130 valence electrons. The maximum absolute atomic E-state index is 11.9. The van der Waals surface area contributed by atoms with Gasteiger partial charge in [-0.3, -0.25) is 0 Å². The summed E-state index contributed by atoms with van der Waals surface area (Å²) in [6.07, 6.45) is 0.971. The molecule has 1 heterocycles. The first-order valence-corrected chi connectivity index (χ1v) is 9.30. The fourth-order valence-electron chi connectivity index (χ4n) is 3.06. The van der Waals surface area contributed by atoms with E-state index >= 15 is 0 Å². The first kappa shape index (κ1) is 17.9. The molecule has 1 N–H and O–H groups in total. The Hall–Kier alpha value is -1.91. The standard InChI is InChI=1S/C21H22BrNO2/c1-4-19(15-5-7-17(22)8-6-15)23-12-16-11-21(24)25-20-10-14(3)13(2)9-18(16)20/h5-11,19,23H,4,12H2,1-3H3/t19-/m1/s1. The zero-order valence-electron chi connectivity index (χ0n) is 14.7. The van der Waals surface area contributed by atoms with Crippen molar-refractivity contribution in [3.8, 4) is 0 Å². The highest BCUT2D eigenvalue weighted by molar-refractivity contribution is 9.10. The molecule has 0 aliphatic carbocycles. The van der Waals surface area contributed by atoms with E-state index in [9.17, 15) is 4.79 Å². The Morgan fingerprint density at radius 3 is 2.44 bits per heavy atom. The summed E-state index contributed by atoms with van der Waals surface area (Å²) in [4.78, 5) is 11.9. The van der Waals surface area contributed by atoms with E-state index in [-0.39, 0.29) is 11.7 Å². The van der Waals surface area contributed by atoms with Crippen molar-refractivity contribution in [3.63, 3.8) is 0 Å². The Balaban J connectivity index is 1.90. The average molecular weight is 400 g/mol. The SMILES string of the molecule is CC[C@@H](NCc1cc(=O)oc2cc(C)c(C)cc12)c1ccc(Br)cc1. The van der Waals surface area contributed by atoms with Crippen LogP contribution in [0.4, 0.5) is 0 Å². The van der Waals surface area contributed by atoms with Gasteiger partial charge < -0.3 is 9.73 Å². The van der Waals surface area contributed by atoms with E-state index in [0.717, 1.165) is 27.4 Å². The van der Waals surface area contributed by atoms with Gasteiger partial charge in [0.15, 0.2) is 0 Å². The van der Waals surface area contributed by atoms with Gasteiger partial charge >= 0.3 is 5.63 Å². The van der Waals surface area contributed by atoms with Crippen molar-refractivity contribution in [2.45, 2.75) is 39.8 Å². The summed E-state index contributed by atoms with van der Waals surface area (Å²) in [6.45, 7) is 6.89. The number of rotatable bonds is 5. The minimum Gasteiger partial charge on any atom is -0.423 e. The topological polar surface area (TPSA) is 42.2 Å². The largest absolute Gasteiger partial charge is 0.423 e. The fraction of sp³-hybridized carbons (Fsp3) is 0.286. The maximum Gasteiger partial charge on any atom is 0.336 e. The van der Waals surface area contributed by atoms with E-state index < -0.39 is 0 Å². The molecule has 0 fully saturated rings. The van der Waals surface area contributed by atoms with Crippen molar-refractivity contribution in [3.05, 3.63) is 79.6 Å². The molecular formula is C21H22BrNO2. The summed E-state index contributed by atoms with van der Waals surface area (Å²) >= 11 is 3.47. The second-order valence-corrected chi connectivity index (χ2v) is 7.33. The van der Waals surface area contributed by atoms with Gasteiger partial charge in [-0.25, -0.2) is 4.79 Å². The zero-order chi connectivity index (χ0) is 18.0. The molecule has 0 amide bonds. The van der Waals surface area contributed by atoms with Crippen LogP contribution in [0.25, 0.3) is 11.0 Å². The van der Waals surface area contributed by atoms with Crippen LogP contribution in [0.2, 0.25) is 0 Å². The van der Waals surface area contributed by atoms with Gasteiger partial charge in [-0.15, -0.1) is 0 Å². The smallest absolute Gasteiger partial charge is 0.336 e. The lowest BCUT2D eigenvalue weighted by Crippen LogP contribution is -2.21. The van der Waals surface area contributed by atoms with Crippen LogP contribution in [0.5, 0.6) is 0 Å². The molecule has 0 saturated heterocycles. The molecule has 2 aromatic carbocycles. The van der Waals surface area contributed by atoms with Gasteiger partial charge in [0.05, 0.1) is 0 Å². The molecule has 3 nitrogen and oxygen atoms in total. The zero-order valence-corrected chi connectivity index (χ0v) is 16.3. The number of aryl methyl sites for hydroxylation is 2. The number of nitrogens with one attached hydrogen (secondary N) is 1. The van der Waals surface area contributed by atoms with Crippen molar-refractivity contribution in [2.75, 3.05) is 0 Å². The third-order valence-corrected chi connectivity index (χ3v) is 5.19. The highest BCUT2D eigenvalue weighted by Gasteiger charge is 2.12. The van der Waals surface area contributed by atoms with E-state index in [2.05, 4.69) is 65.4 Å². The van der Waals surface area contributed by atoms with E-state index in [1.807, 2.05) is 13.0 Å². The predicted octanol–water partition coefficient (Wildman–Crippen LogP) is 5.41. The maximum atomic E-state index is 11.9. The summed E-state index contributed by atoms with van der Waals surface area (Å²) in [5.74, 6) is 0. The number of benzene rings is 2. The molecule has 0 saturated carbocycles. The lowest BCUT2D eigenvalue weighted by Gasteiger charge is -2.18. The van der Waals surface area contributed by atoms with Crippen LogP contribution in [0.3, 0.4) is 0 Å². The second kappa shape index (κ2) is 7.54. The summed E-state index contributed by atoms with van der Waals surface area (Å²) in [6, 6.07) is 14.2. The number of hydrogen-bond acceptors (Lipinski definition) is 3. The van der Waals surface area contributed by atoms with Gasteiger partial charge in [0.25, 0.3) is 0 Å². The molecule has 0 aliphatic heterocycles. The van der Waals surface area contributed by atoms with Crippen molar-refractivity contribution in [1.29, 1.82) is 0 Å². The Morgan fingerprint density at radius 2 is 1.76 bits per heavy atom. The molecule has 25 heavy (non-hydrogen) atoms. The lowest BCUT2D eigenvalue weighted by atomic mass is 10.0. The molecule has 3 aromatic rings. The first-order valence-electron chi connectivity index (χ1n) is 8.50. The number of fused-ring (bicyclic) bond motifs is 1. The second-order valence-electron chi connectivity index (χ2n) is 6.42. The van der Waals surface area contributed by atoms with E-state index in [0.29, 0.717) is 12.1 Å². The van der Waals surface area contributed by atoms with Crippen LogP contribution in [0.1, 0.15) is 41.6 Å². The molecule has 0 unspecified atom stereocenters. The molecule has 0 spiro atoms. The first-order chi connectivity index (χ1) is 12.0. The molecule has 3 rings (SSSR count). The predicted molar refractivity (Wildman–Crippen MR) is 106 cm³/mol. The lowest BCUT2D eigenvalue weighted by molar-refractivity contribution is 0.514. The normalized spacial score (nSPS) is 12.5. The Morgan fingerprint density at radius 1 is 1.08 bits per heavy atom. The Bertz CT molecular complexity index is 945. The Labute approximate surface area is 156 Å². The molecule has 1 aromatic heterocycles. The van der Waals surface area contributed by atoms with Gasteiger partial charge in [0.2, 0.25) is 0 Å². The molecule has 0 aliphatic rings. The van der Waals surface area contributed by atoms with Crippen molar-refractivity contribution >= 4 is 26.9 Å². The van der Waals surface area contributed by atoms with Crippen molar-refractivity contribution in [2.24, 2.45) is 0 Å². The molecule has 1 atom stereocenters. The molecule has 4 heteroatoms. The minimum absolute atomic E-state index is 0.238. The van der Waals surface area contributed by atoms with E-state index in [4.69, 9.17) is 4.42 Å². The average Bonchev–Trinajstić information content (AvgIpc) is 2.58. The van der Waals surface area contributed by atoms with Gasteiger partial charge in [-0.05, 0) is 66.8 Å². The van der Waals surface area contributed by atoms with E-state index in [1.165, 1.54) is 11.1 Å². The quantitative estimate of drug-likeness (QED) is 0.582. The summed E-state index contributed by atoms with van der Waals surface area (Å²) in [5.41, 5.74) is 4.90. The van der Waals surface area contributed by atoms with Gasteiger partial charge in [0.1, 0.15) is 5.58 Å². The summed E-state index contributed by atoms with van der Waals surface area (Å²) < 4.78 is 6.45. The van der Waals surface area contributed by atoms with Crippen LogP contribution >= 0.6 is 15.9 Å². The van der Waals surface area contributed by atoms with Gasteiger partial charge in [-0.1, -0.05) is 35.0 Å². The molecular weight excluding hydrogens is 378 g/mol. The number of halogens is 1. The Kier molecular flexibility index (Phi) is 5.40. The van der Waals surface area contributed by atoms with Crippen LogP contribution in [0.15, 0.2) is 56.1 Å². The van der Waals surface area contributed by atoms with Crippen molar-refractivity contribution in [1.82, 2.24) is 5.32 Å². The third kappa shape index (κ3) is 4.02. The van der Waals surface area contributed by atoms with Gasteiger partial charge in [0, 0.05) is 28.5 Å². The molecule has 0 radical (unpaired) electrons. The summed E-state index contributed by atoms with van der Waals surface area (Å²) in [5, 5.41) is 4.58. The summed E-state index contributed by atoms with van der Waals surface area (Å²) in [7, 11) is 0. The highest BCUT2D eigenvalue weighted by atomic mass is 79.9. The van der Waals surface area contributed by atoms with Crippen LogP contribution in [0, 0.1) is 13.8 Å². The highest BCUT2D eigenvalue weighted by Crippen LogP contribution is 2.24. The number of hydrogen-bond donors (Lipinski definition) is 1. The van der Waals surface area contributed by atoms with Crippen LogP contribution < -0.4 is 10.9 Å². The minimum atomic E-state index is -0.302. The monoisotopic (exact) mass is 399 g/mol. The third-order valence-electron chi connectivity index (χ3n) is 4.66. The molecule has 0 bridgehead atoms. The van der Waals surface area contributed by atoms with E-state index in [1.54, 1.807) is 6.07 Å². The van der Waals surface area contributed by atoms with Crippen LogP contribution in [-0.4, -0.2) is 0 Å². The fourth-order valence-corrected chi connectivity index (χ4v) is 3.32. The van der Waals surface area contributed by atoms with Crippen LogP contribution in [-0.2, 0) is 6.54 Å². The van der Waals surface area contributed by atoms with Crippen molar-refractivity contribution < 1.29 is 4.42 Å².